The summed E-state index contributed by atoms with van der Waals surface area (Å²) in [6, 6.07) is 11.5. The minimum atomic E-state index is 0.493. The second-order valence-corrected chi connectivity index (χ2v) is 4.43. The van der Waals surface area contributed by atoms with Crippen molar-refractivity contribution >= 4 is 28.9 Å². The van der Waals surface area contributed by atoms with Gasteiger partial charge in [0.15, 0.2) is 0 Å². The van der Waals surface area contributed by atoms with Gasteiger partial charge in [-0.3, -0.25) is 0 Å². The maximum absolute atomic E-state index is 5.98. The van der Waals surface area contributed by atoms with Crippen molar-refractivity contribution in [3.8, 4) is 0 Å². The number of hydrogen-bond acceptors (Lipinski definition) is 3. The van der Waals surface area contributed by atoms with Gasteiger partial charge in [0.2, 0.25) is 11.4 Å². The highest BCUT2D eigenvalue weighted by molar-refractivity contribution is 6.95. The molecule has 0 aliphatic rings. The maximum atomic E-state index is 5.98. The average Bonchev–Trinajstić information content (AvgIpc) is 2.83. The van der Waals surface area contributed by atoms with Gasteiger partial charge in [-0.15, -0.1) is 3.79 Å². The molecule has 0 bridgehead atoms. The molecule has 6 heteroatoms. The highest BCUT2D eigenvalue weighted by Crippen LogP contribution is 2.04. The average molecular weight is 257 g/mol. The Morgan fingerprint density at radius 3 is 2.94 bits per heavy atom. The fraction of sp³-hybridized carbons (Fsp3) is 0. The number of nitrogens with one attached hydrogen (secondary N) is 1. The summed E-state index contributed by atoms with van der Waals surface area (Å²) >= 11 is 1.37. The van der Waals surface area contributed by atoms with Gasteiger partial charge in [-0.2, -0.15) is 0 Å². The monoisotopic (exact) mass is 257 g/mol. The fourth-order valence-electron chi connectivity index (χ4n) is 1.61. The normalized spacial score (nSPS) is 11.9. The largest absolute Gasteiger partial charge is 0.363 e. The highest BCUT2D eigenvalue weighted by Gasteiger charge is 2.16. The van der Waals surface area contributed by atoms with Crippen molar-refractivity contribution < 1.29 is 8.78 Å². The molecule has 0 fully saturated rings. The number of pyridine rings is 2. The molecule has 18 heavy (non-hydrogen) atoms. The van der Waals surface area contributed by atoms with Crippen LogP contribution >= 0.6 is 11.7 Å². The molecule has 88 valence electrons. The Morgan fingerprint density at radius 2 is 2.11 bits per heavy atom. The summed E-state index contributed by atoms with van der Waals surface area (Å²) in [5, 5.41) is 0. The number of hydrogen-bond donors (Lipinski definition) is 2. The number of nitrogen functional groups attached to an aromatic ring is 1. The highest BCUT2D eigenvalue weighted by atomic mass is 32.1. The van der Waals surface area contributed by atoms with Gasteiger partial charge in [-0.1, -0.05) is 12.1 Å². The van der Waals surface area contributed by atoms with Gasteiger partial charge in [0.05, 0.1) is 4.37 Å². The molecule has 0 aliphatic carbocycles. The molecular formula is C12H11N5S+2. The van der Waals surface area contributed by atoms with Crippen molar-refractivity contribution in [1.82, 2.24) is 9.36 Å². The summed E-state index contributed by atoms with van der Waals surface area (Å²) < 4.78 is 6.29. The molecule has 0 saturated heterocycles. The third-order valence-corrected chi connectivity index (χ3v) is 3.24. The molecule has 3 heterocycles. The Balaban J connectivity index is 2.06. The van der Waals surface area contributed by atoms with Gasteiger partial charge in [0.1, 0.15) is 11.9 Å². The molecular weight excluding hydrogens is 246 g/mol. The first kappa shape index (κ1) is 10.8. The van der Waals surface area contributed by atoms with E-state index in [4.69, 9.17) is 5.73 Å². The van der Waals surface area contributed by atoms with E-state index in [2.05, 4.69) is 14.3 Å². The Morgan fingerprint density at radius 1 is 1.22 bits per heavy atom. The number of nitrogens with zero attached hydrogens (tertiary/aromatic N) is 3. The van der Waals surface area contributed by atoms with Crippen LogP contribution in [0.25, 0.3) is 5.52 Å². The van der Waals surface area contributed by atoms with Crippen molar-refractivity contribution in [2.45, 2.75) is 0 Å². The van der Waals surface area contributed by atoms with E-state index in [1.807, 2.05) is 46.4 Å². The van der Waals surface area contributed by atoms with E-state index in [0.717, 1.165) is 11.3 Å². The molecule has 0 aliphatic heterocycles. The molecule has 3 rings (SSSR count). The smallest absolute Gasteiger partial charge is 0.317 e. The number of rotatable bonds is 2. The van der Waals surface area contributed by atoms with E-state index in [-0.39, 0.29) is 0 Å². The van der Waals surface area contributed by atoms with E-state index in [0.29, 0.717) is 11.5 Å². The first-order chi connectivity index (χ1) is 8.84. The Hall–Kier alpha value is -2.34. The quantitative estimate of drug-likeness (QED) is 0.366. The van der Waals surface area contributed by atoms with Crippen LogP contribution in [0.2, 0.25) is 0 Å². The molecule has 3 aromatic heterocycles. The third-order valence-electron chi connectivity index (χ3n) is 2.48. The minimum absolute atomic E-state index is 0.493. The van der Waals surface area contributed by atoms with Crippen LogP contribution in [-0.2, 0) is 0 Å². The first-order valence-electron chi connectivity index (χ1n) is 5.42. The van der Waals surface area contributed by atoms with Crippen LogP contribution in [0.5, 0.6) is 0 Å². The molecule has 0 amide bonds. The zero-order valence-electron chi connectivity index (χ0n) is 9.45. The predicted octanol–water partition coefficient (Wildman–Crippen LogP) is -0.606. The maximum Gasteiger partial charge on any atom is 0.363 e. The van der Waals surface area contributed by atoms with Gasteiger partial charge in [0.25, 0.3) is 11.7 Å². The lowest BCUT2D eigenvalue weighted by molar-refractivity contribution is -0.439. The summed E-state index contributed by atoms with van der Waals surface area (Å²) in [5.74, 6) is 1.23. The molecule has 3 N–H and O–H groups in total. The summed E-state index contributed by atoms with van der Waals surface area (Å²) in [5.41, 5.74) is 7.67. The van der Waals surface area contributed by atoms with E-state index >= 15 is 0 Å². The van der Waals surface area contributed by atoms with Crippen LogP contribution in [0.4, 0.5) is 5.82 Å². The summed E-state index contributed by atoms with van der Waals surface area (Å²) in [4.78, 5) is 7.28. The lowest BCUT2D eigenvalue weighted by Gasteiger charge is -1.92. The first-order valence-corrected chi connectivity index (χ1v) is 6.15. The topological polar surface area (TPSA) is 69.9 Å². The molecule has 0 spiro atoms. The van der Waals surface area contributed by atoms with Crippen molar-refractivity contribution in [3.63, 3.8) is 0 Å². The zero-order chi connectivity index (χ0) is 12.4. The summed E-state index contributed by atoms with van der Waals surface area (Å²) in [6.07, 6.45) is 3.66. The van der Waals surface area contributed by atoms with Crippen LogP contribution in [0.3, 0.4) is 0 Å². The van der Waals surface area contributed by atoms with E-state index in [9.17, 15) is 0 Å². The Labute approximate surface area is 108 Å². The number of aromatic nitrogens is 3. The molecule has 0 aromatic carbocycles. The van der Waals surface area contributed by atoms with Gasteiger partial charge in [-0.25, -0.2) is 9.98 Å². The SMILES string of the molecule is NC(=[NH+]c1ns[n+]2ccccc12)c1ccccn1. The van der Waals surface area contributed by atoms with Gasteiger partial charge in [0, 0.05) is 6.20 Å². The summed E-state index contributed by atoms with van der Waals surface area (Å²) in [6.45, 7) is 0. The Kier molecular flexibility index (Phi) is 2.70. The van der Waals surface area contributed by atoms with Crippen LogP contribution in [0.1, 0.15) is 5.69 Å². The van der Waals surface area contributed by atoms with Crippen LogP contribution in [0, 0.1) is 0 Å². The molecule has 5 nitrogen and oxygen atoms in total. The van der Waals surface area contributed by atoms with E-state index < -0.39 is 0 Å². The minimum Gasteiger partial charge on any atom is -0.317 e. The second-order valence-electron chi connectivity index (χ2n) is 3.69. The zero-order valence-corrected chi connectivity index (χ0v) is 10.3. The molecule has 0 saturated carbocycles. The number of fused-ring (bicyclic) bond motifs is 1. The number of nitrogens with two attached hydrogens (primary N) is 1. The standard InChI is InChI=1S/C12H10N5S/c13-11(9-5-1-3-7-14-9)15-12-10-6-2-4-8-17(10)18-16-12/h1-8H,(H2,13,15,16)/q+1/p+1. The van der Waals surface area contributed by atoms with Gasteiger partial charge < -0.3 is 5.73 Å². The predicted molar refractivity (Wildman–Crippen MR) is 68.4 cm³/mol. The molecule has 0 radical (unpaired) electrons. The van der Waals surface area contributed by atoms with E-state index in [1.54, 1.807) is 6.20 Å². The van der Waals surface area contributed by atoms with Crippen LogP contribution in [0.15, 0.2) is 48.8 Å². The lowest BCUT2D eigenvalue weighted by Crippen LogP contribution is -2.70. The Bertz CT molecular complexity index is 705. The van der Waals surface area contributed by atoms with Crippen molar-refractivity contribution in [1.29, 1.82) is 0 Å². The van der Waals surface area contributed by atoms with Crippen molar-refractivity contribution in [2.24, 2.45) is 5.73 Å². The van der Waals surface area contributed by atoms with Gasteiger partial charge in [-0.05, 0) is 24.3 Å². The van der Waals surface area contributed by atoms with Crippen molar-refractivity contribution in [2.75, 3.05) is 0 Å². The second kappa shape index (κ2) is 4.50. The number of amidine groups is 1. The lowest BCUT2D eigenvalue weighted by atomic mass is 10.3. The molecule has 0 unspecified atom stereocenters. The fourth-order valence-corrected chi connectivity index (χ4v) is 2.28. The third kappa shape index (κ3) is 1.93. The van der Waals surface area contributed by atoms with E-state index in [1.165, 1.54) is 11.7 Å². The van der Waals surface area contributed by atoms with Crippen molar-refractivity contribution in [3.05, 3.63) is 54.5 Å². The van der Waals surface area contributed by atoms with Crippen LogP contribution < -0.4 is 14.5 Å². The molecule has 3 aromatic rings. The summed E-state index contributed by atoms with van der Waals surface area (Å²) in [7, 11) is 0. The molecule has 0 atom stereocenters. The van der Waals surface area contributed by atoms with Crippen LogP contribution in [-0.4, -0.2) is 15.2 Å². The van der Waals surface area contributed by atoms with Gasteiger partial charge >= 0.3 is 5.82 Å².